The molecule has 84 valence electrons. The van der Waals surface area contributed by atoms with Gasteiger partial charge in [0.1, 0.15) is 10.7 Å². The molecule has 0 saturated carbocycles. The van der Waals surface area contributed by atoms with E-state index in [0.29, 0.717) is 6.20 Å². The summed E-state index contributed by atoms with van der Waals surface area (Å²) < 4.78 is 61.0. The van der Waals surface area contributed by atoms with Crippen molar-refractivity contribution in [1.82, 2.24) is 4.98 Å². The van der Waals surface area contributed by atoms with Gasteiger partial charge in [-0.3, -0.25) is 4.79 Å². The number of nitrogens with one attached hydrogen (secondary N) is 1. The van der Waals surface area contributed by atoms with Gasteiger partial charge >= 0.3 is 6.18 Å². The number of aromatic amines is 1. The molecule has 1 N–H and O–H groups in total. The number of aromatic nitrogens is 1. The van der Waals surface area contributed by atoms with Crippen molar-refractivity contribution in [2.24, 2.45) is 0 Å². The summed E-state index contributed by atoms with van der Waals surface area (Å²) >= 11 is 5.14. The molecule has 0 spiro atoms. The molecule has 0 amide bonds. The molecule has 1 aromatic heterocycles. The van der Waals surface area contributed by atoms with Crippen LogP contribution in [-0.4, -0.2) is 4.98 Å². The van der Waals surface area contributed by atoms with E-state index in [0.717, 1.165) is 0 Å². The van der Waals surface area contributed by atoms with Crippen LogP contribution in [0, 0.1) is 0 Å². The molecule has 0 aliphatic heterocycles. The Bertz CT molecular complexity index is 424. The van der Waals surface area contributed by atoms with Crippen molar-refractivity contribution in [3.05, 3.63) is 32.7 Å². The molecule has 1 aromatic rings. The minimum absolute atomic E-state index is 0.526. The van der Waals surface area contributed by atoms with Crippen molar-refractivity contribution in [2.45, 2.75) is 12.6 Å². The number of hydrogen-bond donors (Lipinski definition) is 1. The second-order valence-corrected chi connectivity index (χ2v) is 2.96. The Labute approximate surface area is 84.7 Å². The summed E-state index contributed by atoms with van der Waals surface area (Å²) in [7, 11) is 0. The third-order valence-electron chi connectivity index (χ3n) is 1.58. The van der Waals surface area contributed by atoms with Crippen LogP contribution in [0.4, 0.5) is 22.0 Å². The minimum Gasteiger partial charge on any atom is -0.356 e. The smallest absolute Gasteiger partial charge is 0.356 e. The maximum Gasteiger partial charge on any atom is 0.431 e. The third-order valence-corrected chi connectivity index (χ3v) is 1.86. The second kappa shape index (κ2) is 3.80. The molecular weight excluding hydrogens is 245 g/mol. The summed E-state index contributed by atoms with van der Waals surface area (Å²) in [4.78, 5) is 12.5. The first-order valence-electron chi connectivity index (χ1n) is 3.51. The van der Waals surface area contributed by atoms with E-state index in [1.165, 1.54) is 4.98 Å². The number of alkyl halides is 5. The molecule has 0 atom stereocenters. The molecule has 15 heavy (non-hydrogen) atoms. The number of halogens is 6. The van der Waals surface area contributed by atoms with Gasteiger partial charge in [-0.2, -0.15) is 13.2 Å². The van der Waals surface area contributed by atoms with Gasteiger partial charge in [0.25, 0.3) is 6.43 Å². The van der Waals surface area contributed by atoms with Crippen LogP contribution >= 0.6 is 11.6 Å². The van der Waals surface area contributed by atoms with Crippen molar-refractivity contribution in [2.75, 3.05) is 0 Å². The Hall–Kier alpha value is -1.11. The van der Waals surface area contributed by atoms with Crippen LogP contribution in [0.5, 0.6) is 0 Å². The molecule has 0 radical (unpaired) electrons. The summed E-state index contributed by atoms with van der Waals surface area (Å²) in [6.45, 7) is 0. The van der Waals surface area contributed by atoms with Gasteiger partial charge in [-0.15, -0.1) is 0 Å². The monoisotopic (exact) mass is 247 g/mol. The van der Waals surface area contributed by atoms with Gasteiger partial charge in [0.05, 0.1) is 5.56 Å². The lowest BCUT2D eigenvalue weighted by molar-refractivity contribution is -0.143. The maximum absolute atomic E-state index is 12.2. The fourth-order valence-corrected chi connectivity index (χ4v) is 1.12. The van der Waals surface area contributed by atoms with Crippen molar-refractivity contribution < 1.29 is 22.0 Å². The summed E-state index contributed by atoms with van der Waals surface area (Å²) in [5.74, 6) is 0. The van der Waals surface area contributed by atoms with Crippen molar-refractivity contribution in [3.8, 4) is 0 Å². The zero-order chi connectivity index (χ0) is 11.8. The van der Waals surface area contributed by atoms with E-state index >= 15 is 0 Å². The lowest BCUT2D eigenvalue weighted by Crippen LogP contribution is -2.21. The standard InChI is InChI=1S/C7H3ClF5NO/c8-2-1-14-5(7(11,12)13)3(4(2)15)6(9)10/h1,6H,(H,14,15). The molecular formula is C7H3ClF5NO. The van der Waals surface area contributed by atoms with Gasteiger partial charge in [-0.1, -0.05) is 11.6 Å². The highest BCUT2D eigenvalue weighted by Crippen LogP contribution is 2.33. The van der Waals surface area contributed by atoms with Gasteiger partial charge < -0.3 is 4.98 Å². The zero-order valence-corrected chi connectivity index (χ0v) is 7.59. The van der Waals surface area contributed by atoms with Gasteiger partial charge in [-0.25, -0.2) is 8.78 Å². The van der Waals surface area contributed by atoms with Gasteiger partial charge in [0, 0.05) is 6.20 Å². The lowest BCUT2D eigenvalue weighted by atomic mass is 10.2. The first-order chi connectivity index (χ1) is 6.75. The predicted molar refractivity (Wildman–Crippen MR) is 42.0 cm³/mol. The molecule has 1 heterocycles. The first kappa shape index (κ1) is 12.0. The van der Waals surface area contributed by atoms with E-state index < -0.39 is 34.3 Å². The van der Waals surface area contributed by atoms with Gasteiger partial charge in [-0.05, 0) is 0 Å². The molecule has 0 aliphatic carbocycles. The molecule has 0 unspecified atom stereocenters. The minimum atomic E-state index is -5.05. The SMILES string of the molecule is O=c1c(Cl)c[nH]c(C(F)(F)F)c1C(F)F. The van der Waals surface area contributed by atoms with Crippen LogP contribution in [-0.2, 0) is 6.18 Å². The largest absolute Gasteiger partial charge is 0.431 e. The Balaban J connectivity index is 3.55. The van der Waals surface area contributed by atoms with E-state index in [4.69, 9.17) is 11.6 Å². The normalized spacial score (nSPS) is 12.2. The van der Waals surface area contributed by atoms with Crippen LogP contribution in [0.25, 0.3) is 0 Å². The van der Waals surface area contributed by atoms with E-state index in [-0.39, 0.29) is 0 Å². The van der Waals surface area contributed by atoms with Crippen LogP contribution in [0.3, 0.4) is 0 Å². The lowest BCUT2D eigenvalue weighted by Gasteiger charge is -2.11. The molecule has 2 nitrogen and oxygen atoms in total. The number of rotatable bonds is 1. The first-order valence-corrected chi connectivity index (χ1v) is 3.89. The number of pyridine rings is 1. The Kier molecular flexibility index (Phi) is 3.03. The quantitative estimate of drug-likeness (QED) is 0.761. The van der Waals surface area contributed by atoms with Crippen LogP contribution in [0.2, 0.25) is 5.02 Å². The van der Waals surface area contributed by atoms with E-state index in [2.05, 4.69) is 0 Å². The molecule has 0 saturated heterocycles. The van der Waals surface area contributed by atoms with Crippen molar-refractivity contribution in [3.63, 3.8) is 0 Å². The fourth-order valence-electron chi connectivity index (χ4n) is 0.964. The number of hydrogen-bond acceptors (Lipinski definition) is 1. The topological polar surface area (TPSA) is 32.9 Å². The van der Waals surface area contributed by atoms with Crippen LogP contribution < -0.4 is 5.43 Å². The maximum atomic E-state index is 12.2. The highest BCUT2D eigenvalue weighted by atomic mass is 35.5. The number of H-pyrrole nitrogens is 1. The Morgan fingerprint density at radius 3 is 2.27 bits per heavy atom. The van der Waals surface area contributed by atoms with Crippen LogP contribution in [0.15, 0.2) is 11.0 Å². The molecule has 0 fully saturated rings. The molecule has 0 bridgehead atoms. The highest BCUT2D eigenvalue weighted by molar-refractivity contribution is 6.30. The average molecular weight is 248 g/mol. The van der Waals surface area contributed by atoms with Gasteiger partial charge in [0.15, 0.2) is 0 Å². The molecule has 0 aliphatic rings. The Morgan fingerprint density at radius 1 is 1.33 bits per heavy atom. The second-order valence-electron chi connectivity index (χ2n) is 2.55. The summed E-state index contributed by atoms with van der Waals surface area (Å²) in [6.07, 6.45) is -8.06. The van der Waals surface area contributed by atoms with Gasteiger partial charge in [0.2, 0.25) is 5.43 Å². The average Bonchev–Trinajstić information content (AvgIpc) is 2.06. The fraction of sp³-hybridized carbons (Fsp3) is 0.286. The summed E-state index contributed by atoms with van der Waals surface area (Å²) in [6, 6.07) is 0. The molecule has 1 rings (SSSR count). The highest BCUT2D eigenvalue weighted by Gasteiger charge is 2.38. The molecule has 0 aromatic carbocycles. The molecule has 8 heteroatoms. The van der Waals surface area contributed by atoms with Crippen molar-refractivity contribution in [1.29, 1.82) is 0 Å². The predicted octanol–water partition coefficient (Wildman–Crippen LogP) is 2.98. The zero-order valence-electron chi connectivity index (χ0n) is 6.83. The third kappa shape index (κ3) is 2.28. The van der Waals surface area contributed by atoms with Crippen LogP contribution in [0.1, 0.15) is 17.7 Å². The summed E-state index contributed by atoms with van der Waals surface area (Å²) in [5.41, 5.74) is -4.94. The Morgan fingerprint density at radius 2 is 1.87 bits per heavy atom. The van der Waals surface area contributed by atoms with E-state index in [9.17, 15) is 26.7 Å². The van der Waals surface area contributed by atoms with E-state index in [1.807, 2.05) is 0 Å². The summed E-state index contributed by atoms with van der Waals surface area (Å²) in [5, 5.41) is -0.710. The van der Waals surface area contributed by atoms with E-state index in [1.54, 1.807) is 0 Å². The van der Waals surface area contributed by atoms with Crippen molar-refractivity contribution >= 4 is 11.6 Å².